The van der Waals surface area contributed by atoms with Crippen molar-refractivity contribution in [3.63, 3.8) is 0 Å². The molecular formula is C15H24N2O2. The molecule has 0 aromatic heterocycles. The SMILES string of the molecule is CCCCC(CC)Nc1ccc(NC(=O)OC)cc1. The van der Waals surface area contributed by atoms with Gasteiger partial charge in [0.15, 0.2) is 0 Å². The summed E-state index contributed by atoms with van der Waals surface area (Å²) in [4.78, 5) is 11.1. The van der Waals surface area contributed by atoms with E-state index < -0.39 is 6.09 Å². The van der Waals surface area contributed by atoms with Crippen LogP contribution in [0.4, 0.5) is 16.2 Å². The van der Waals surface area contributed by atoms with Crippen LogP contribution in [-0.4, -0.2) is 19.2 Å². The van der Waals surface area contributed by atoms with Gasteiger partial charge in [0.25, 0.3) is 0 Å². The summed E-state index contributed by atoms with van der Waals surface area (Å²) in [6, 6.07) is 8.19. The molecule has 0 spiro atoms. The second-order valence-electron chi connectivity index (χ2n) is 4.59. The number of rotatable bonds is 7. The van der Waals surface area contributed by atoms with Crippen LogP contribution >= 0.6 is 0 Å². The van der Waals surface area contributed by atoms with Crippen LogP contribution in [0.1, 0.15) is 39.5 Å². The van der Waals surface area contributed by atoms with Gasteiger partial charge in [-0.2, -0.15) is 0 Å². The van der Waals surface area contributed by atoms with Crippen molar-refractivity contribution in [3.05, 3.63) is 24.3 Å². The van der Waals surface area contributed by atoms with Crippen LogP contribution < -0.4 is 10.6 Å². The summed E-state index contributed by atoms with van der Waals surface area (Å²) in [7, 11) is 1.35. The van der Waals surface area contributed by atoms with Gasteiger partial charge in [-0.25, -0.2) is 4.79 Å². The number of hydrogen-bond donors (Lipinski definition) is 2. The standard InChI is InChI=1S/C15H24N2O2/c1-4-6-7-12(5-2)16-13-8-10-14(11-9-13)17-15(18)19-3/h8-12,16H,4-7H2,1-3H3,(H,17,18). The van der Waals surface area contributed by atoms with E-state index in [1.807, 2.05) is 24.3 Å². The maximum absolute atomic E-state index is 11.1. The van der Waals surface area contributed by atoms with Crippen LogP contribution in [0.2, 0.25) is 0 Å². The second kappa shape index (κ2) is 8.40. The average Bonchev–Trinajstić information content (AvgIpc) is 2.45. The number of benzene rings is 1. The van der Waals surface area contributed by atoms with Crippen molar-refractivity contribution in [1.82, 2.24) is 0 Å². The van der Waals surface area contributed by atoms with Crippen molar-refractivity contribution < 1.29 is 9.53 Å². The lowest BCUT2D eigenvalue weighted by Gasteiger charge is -2.18. The molecule has 0 bridgehead atoms. The van der Waals surface area contributed by atoms with Gasteiger partial charge in [-0.3, -0.25) is 5.32 Å². The van der Waals surface area contributed by atoms with E-state index in [1.165, 1.54) is 26.4 Å². The predicted octanol–water partition coefficient (Wildman–Crippen LogP) is 4.25. The average molecular weight is 264 g/mol. The van der Waals surface area contributed by atoms with Crippen LogP contribution in [0.25, 0.3) is 0 Å². The molecule has 1 unspecified atom stereocenters. The lowest BCUT2D eigenvalue weighted by molar-refractivity contribution is 0.187. The summed E-state index contributed by atoms with van der Waals surface area (Å²) >= 11 is 0. The minimum atomic E-state index is -0.449. The molecule has 0 aliphatic heterocycles. The Hall–Kier alpha value is -1.71. The predicted molar refractivity (Wildman–Crippen MR) is 79.7 cm³/mol. The zero-order valence-corrected chi connectivity index (χ0v) is 12.0. The molecule has 1 aromatic rings. The summed E-state index contributed by atoms with van der Waals surface area (Å²) in [6.07, 6.45) is 4.32. The van der Waals surface area contributed by atoms with E-state index in [1.54, 1.807) is 0 Å². The monoisotopic (exact) mass is 264 g/mol. The molecule has 1 amide bonds. The van der Waals surface area contributed by atoms with Crippen molar-refractivity contribution in [2.75, 3.05) is 17.7 Å². The Bertz CT molecular complexity index is 376. The first-order valence-electron chi connectivity index (χ1n) is 6.91. The lowest BCUT2D eigenvalue weighted by atomic mass is 10.1. The maximum atomic E-state index is 11.1. The van der Waals surface area contributed by atoms with Crippen molar-refractivity contribution in [1.29, 1.82) is 0 Å². The first kappa shape index (κ1) is 15.3. The van der Waals surface area contributed by atoms with Gasteiger partial charge in [-0.15, -0.1) is 0 Å². The van der Waals surface area contributed by atoms with Gasteiger partial charge in [-0.05, 0) is 37.1 Å². The molecule has 1 aromatic carbocycles. The highest BCUT2D eigenvalue weighted by atomic mass is 16.5. The molecule has 1 rings (SSSR count). The van der Waals surface area contributed by atoms with Gasteiger partial charge < -0.3 is 10.1 Å². The quantitative estimate of drug-likeness (QED) is 0.774. The van der Waals surface area contributed by atoms with E-state index in [2.05, 4.69) is 29.2 Å². The number of hydrogen-bond acceptors (Lipinski definition) is 3. The van der Waals surface area contributed by atoms with Crippen LogP contribution in [0.3, 0.4) is 0 Å². The smallest absolute Gasteiger partial charge is 0.411 e. The van der Waals surface area contributed by atoms with Crippen molar-refractivity contribution in [2.24, 2.45) is 0 Å². The Morgan fingerprint density at radius 1 is 1.21 bits per heavy atom. The molecule has 0 aliphatic rings. The molecular weight excluding hydrogens is 240 g/mol. The van der Waals surface area contributed by atoms with Crippen molar-refractivity contribution >= 4 is 17.5 Å². The minimum Gasteiger partial charge on any atom is -0.453 e. The van der Waals surface area contributed by atoms with E-state index in [0.29, 0.717) is 6.04 Å². The van der Waals surface area contributed by atoms with Gasteiger partial charge in [0, 0.05) is 17.4 Å². The number of nitrogens with one attached hydrogen (secondary N) is 2. The number of amides is 1. The highest BCUT2D eigenvalue weighted by molar-refractivity contribution is 5.84. The third kappa shape index (κ3) is 5.64. The third-order valence-electron chi connectivity index (χ3n) is 3.09. The Morgan fingerprint density at radius 3 is 2.37 bits per heavy atom. The molecule has 4 heteroatoms. The Labute approximate surface area is 115 Å². The fourth-order valence-electron chi connectivity index (χ4n) is 1.88. The zero-order valence-electron chi connectivity index (χ0n) is 12.0. The molecule has 2 N–H and O–H groups in total. The van der Waals surface area contributed by atoms with Crippen LogP contribution in [0.5, 0.6) is 0 Å². The van der Waals surface area contributed by atoms with Gasteiger partial charge in [0.2, 0.25) is 0 Å². The van der Waals surface area contributed by atoms with Gasteiger partial charge in [0.1, 0.15) is 0 Å². The number of unbranched alkanes of at least 4 members (excludes halogenated alkanes) is 1. The number of carbonyl (C=O) groups excluding carboxylic acids is 1. The number of ether oxygens (including phenoxy) is 1. The van der Waals surface area contributed by atoms with Crippen LogP contribution in [0, 0.1) is 0 Å². The maximum Gasteiger partial charge on any atom is 0.411 e. The van der Waals surface area contributed by atoms with Gasteiger partial charge in [0.05, 0.1) is 7.11 Å². The molecule has 0 saturated carbocycles. The molecule has 0 fully saturated rings. The molecule has 0 heterocycles. The Kier molecular flexibility index (Phi) is 6.79. The molecule has 19 heavy (non-hydrogen) atoms. The van der Waals surface area contributed by atoms with Crippen LogP contribution in [0.15, 0.2) is 24.3 Å². The van der Waals surface area contributed by atoms with E-state index in [4.69, 9.17) is 0 Å². The summed E-state index contributed by atoms with van der Waals surface area (Å²) in [5.41, 5.74) is 1.82. The highest BCUT2D eigenvalue weighted by Gasteiger charge is 2.06. The van der Waals surface area contributed by atoms with Gasteiger partial charge in [-0.1, -0.05) is 26.7 Å². The molecule has 106 valence electrons. The lowest BCUT2D eigenvalue weighted by Crippen LogP contribution is -2.18. The zero-order chi connectivity index (χ0) is 14.1. The first-order chi connectivity index (χ1) is 9.19. The fourth-order valence-corrected chi connectivity index (χ4v) is 1.88. The van der Waals surface area contributed by atoms with Crippen molar-refractivity contribution in [2.45, 2.75) is 45.6 Å². The minimum absolute atomic E-state index is 0.449. The van der Waals surface area contributed by atoms with Crippen molar-refractivity contribution in [3.8, 4) is 0 Å². The third-order valence-corrected chi connectivity index (χ3v) is 3.09. The summed E-state index contributed by atoms with van der Waals surface area (Å²) in [6.45, 7) is 4.40. The van der Waals surface area contributed by atoms with Crippen LogP contribution in [-0.2, 0) is 4.74 Å². The van der Waals surface area contributed by atoms with E-state index >= 15 is 0 Å². The Morgan fingerprint density at radius 2 is 1.84 bits per heavy atom. The largest absolute Gasteiger partial charge is 0.453 e. The summed E-state index contributed by atoms with van der Waals surface area (Å²) in [5, 5.41) is 6.15. The van der Waals surface area contributed by atoms with E-state index in [-0.39, 0.29) is 0 Å². The molecule has 1 atom stereocenters. The number of carbonyl (C=O) groups is 1. The normalized spacial score (nSPS) is 11.7. The van der Waals surface area contributed by atoms with E-state index in [9.17, 15) is 4.79 Å². The summed E-state index contributed by atoms with van der Waals surface area (Å²) < 4.78 is 4.54. The van der Waals surface area contributed by atoms with E-state index in [0.717, 1.165) is 17.8 Å². The highest BCUT2D eigenvalue weighted by Crippen LogP contribution is 2.17. The van der Waals surface area contributed by atoms with Gasteiger partial charge >= 0.3 is 6.09 Å². The second-order valence-corrected chi connectivity index (χ2v) is 4.59. The number of anilines is 2. The molecule has 0 radical (unpaired) electrons. The molecule has 4 nitrogen and oxygen atoms in total. The fraction of sp³-hybridized carbons (Fsp3) is 0.533. The molecule has 0 aliphatic carbocycles. The first-order valence-corrected chi connectivity index (χ1v) is 6.91. The number of methoxy groups -OCH3 is 1. The topological polar surface area (TPSA) is 50.4 Å². The Balaban J connectivity index is 2.53. The molecule has 0 saturated heterocycles. The summed E-state index contributed by atoms with van der Waals surface area (Å²) in [5.74, 6) is 0.